The van der Waals surface area contributed by atoms with Gasteiger partial charge in [-0.3, -0.25) is 0 Å². The van der Waals surface area contributed by atoms with E-state index in [4.69, 9.17) is 18.0 Å². The average molecular weight is 290 g/mol. The lowest BCUT2D eigenvalue weighted by Gasteiger charge is -2.36. The van der Waals surface area contributed by atoms with E-state index in [2.05, 4.69) is 6.58 Å². The van der Waals surface area contributed by atoms with Gasteiger partial charge in [0.25, 0.3) is 0 Å². The third-order valence-electron chi connectivity index (χ3n) is 2.40. The van der Waals surface area contributed by atoms with Crippen LogP contribution in [0.25, 0.3) is 0 Å². The third kappa shape index (κ3) is 6.86. The largest absolute Gasteiger partial charge is 0.500 e. The Kier molecular flexibility index (Phi) is 8.16. The van der Waals surface area contributed by atoms with Crippen LogP contribution in [-0.4, -0.2) is 33.8 Å². The van der Waals surface area contributed by atoms with E-state index in [1.807, 2.05) is 20.8 Å². The van der Waals surface area contributed by atoms with E-state index < -0.39 is 20.6 Å². The minimum atomic E-state index is -2.81. The average Bonchev–Trinajstić information content (AvgIpc) is 2.28. The van der Waals surface area contributed by atoms with Crippen LogP contribution in [0, 0.1) is 0 Å². The fourth-order valence-corrected chi connectivity index (χ4v) is 4.03. The molecule has 0 heterocycles. The molecule has 112 valence electrons. The molecule has 0 rings (SSSR count). The van der Waals surface area contributed by atoms with Gasteiger partial charge in [-0.2, -0.15) is 0 Å². The Morgan fingerprint density at radius 3 is 2.16 bits per heavy atom. The highest BCUT2D eigenvalue weighted by Crippen LogP contribution is 2.26. The summed E-state index contributed by atoms with van der Waals surface area (Å²) >= 11 is 0. The molecule has 6 heteroatoms. The summed E-state index contributed by atoms with van der Waals surface area (Å²) in [7, 11) is -2.81. The molecule has 1 atom stereocenters. The number of ether oxygens (including phenoxy) is 1. The number of hydrogen-bond donors (Lipinski definition) is 0. The maximum absolute atomic E-state index is 11.4. The molecule has 0 fully saturated rings. The van der Waals surface area contributed by atoms with E-state index in [-0.39, 0.29) is 0 Å². The first kappa shape index (κ1) is 18.3. The molecule has 5 nitrogen and oxygen atoms in total. The number of carbonyl (C=O) groups is 1. The minimum absolute atomic E-state index is 0.486. The van der Waals surface area contributed by atoms with Crippen molar-refractivity contribution in [3.05, 3.63) is 12.7 Å². The van der Waals surface area contributed by atoms with Gasteiger partial charge in [0, 0.05) is 39.2 Å². The van der Waals surface area contributed by atoms with Gasteiger partial charge in [0.1, 0.15) is 0 Å². The number of rotatable bonds is 10. The van der Waals surface area contributed by atoms with Crippen molar-refractivity contribution in [1.82, 2.24) is 0 Å². The standard InChI is InChI=1S/C13H26O5Si/c1-7-11-13(5,17-12(14)8-2)18-19(6,15-9-3)16-10-4/h8H,2,7,9-11H2,1,3-6H3. The van der Waals surface area contributed by atoms with Crippen LogP contribution in [0.3, 0.4) is 0 Å². The summed E-state index contributed by atoms with van der Waals surface area (Å²) in [5.74, 6) is -1.56. The molecule has 0 saturated heterocycles. The number of carbonyl (C=O) groups excluding carboxylic acids is 1. The van der Waals surface area contributed by atoms with Gasteiger partial charge >= 0.3 is 14.8 Å². The smallest absolute Gasteiger partial charge is 0.431 e. The Morgan fingerprint density at radius 2 is 1.79 bits per heavy atom. The summed E-state index contributed by atoms with van der Waals surface area (Å²) < 4.78 is 22.4. The zero-order chi connectivity index (χ0) is 14.9. The zero-order valence-electron chi connectivity index (χ0n) is 12.7. The van der Waals surface area contributed by atoms with Crippen LogP contribution in [0.1, 0.15) is 40.5 Å². The predicted octanol–water partition coefficient (Wildman–Crippen LogP) is 2.89. The molecule has 19 heavy (non-hydrogen) atoms. The first-order valence-electron chi connectivity index (χ1n) is 6.68. The van der Waals surface area contributed by atoms with Crippen molar-refractivity contribution >= 4 is 14.8 Å². The van der Waals surface area contributed by atoms with Gasteiger partial charge in [-0.15, -0.1) is 0 Å². The van der Waals surface area contributed by atoms with Crippen molar-refractivity contribution in [1.29, 1.82) is 0 Å². The monoisotopic (exact) mass is 290 g/mol. The Labute approximate surface area is 117 Å². The summed E-state index contributed by atoms with van der Waals surface area (Å²) in [6.45, 7) is 13.6. The lowest BCUT2D eigenvalue weighted by molar-refractivity contribution is -0.203. The van der Waals surface area contributed by atoms with E-state index in [1.54, 1.807) is 13.5 Å². The van der Waals surface area contributed by atoms with Gasteiger partial charge in [-0.05, 0) is 20.3 Å². The van der Waals surface area contributed by atoms with E-state index in [0.717, 1.165) is 12.5 Å². The van der Waals surface area contributed by atoms with Crippen molar-refractivity contribution in [3.8, 4) is 0 Å². The molecule has 0 aliphatic rings. The first-order chi connectivity index (χ1) is 8.84. The van der Waals surface area contributed by atoms with Crippen LogP contribution in [0.2, 0.25) is 6.55 Å². The van der Waals surface area contributed by atoms with Crippen LogP contribution >= 0.6 is 0 Å². The molecule has 0 aromatic carbocycles. The van der Waals surface area contributed by atoms with Gasteiger partial charge < -0.3 is 18.0 Å². The zero-order valence-corrected chi connectivity index (χ0v) is 13.7. The van der Waals surface area contributed by atoms with Crippen molar-refractivity contribution in [3.63, 3.8) is 0 Å². The Morgan fingerprint density at radius 1 is 1.26 bits per heavy atom. The summed E-state index contributed by atoms with van der Waals surface area (Å²) in [6, 6.07) is 0. The fraction of sp³-hybridized carbons (Fsp3) is 0.769. The maximum Gasteiger partial charge on any atom is 0.500 e. The van der Waals surface area contributed by atoms with Gasteiger partial charge in [0.2, 0.25) is 5.79 Å². The van der Waals surface area contributed by atoms with E-state index in [9.17, 15) is 4.79 Å². The van der Waals surface area contributed by atoms with Crippen LogP contribution in [0.5, 0.6) is 0 Å². The van der Waals surface area contributed by atoms with E-state index >= 15 is 0 Å². The minimum Gasteiger partial charge on any atom is -0.431 e. The van der Waals surface area contributed by atoms with Gasteiger partial charge in [0.15, 0.2) is 0 Å². The maximum atomic E-state index is 11.4. The fourth-order valence-electron chi connectivity index (χ4n) is 1.85. The van der Waals surface area contributed by atoms with Crippen LogP contribution < -0.4 is 0 Å². The lowest BCUT2D eigenvalue weighted by atomic mass is 10.2. The Bertz CT molecular complexity index is 289. The summed E-state index contributed by atoms with van der Waals surface area (Å²) in [4.78, 5) is 11.4. The molecule has 0 aromatic heterocycles. The molecule has 0 radical (unpaired) electrons. The van der Waals surface area contributed by atoms with E-state index in [0.29, 0.717) is 19.6 Å². The van der Waals surface area contributed by atoms with Gasteiger partial charge in [-0.25, -0.2) is 4.79 Å². The molecule has 1 unspecified atom stereocenters. The molecule has 0 saturated carbocycles. The highest BCUT2D eigenvalue weighted by molar-refractivity contribution is 6.59. The molecule has 0 bridgehead atoms. The molecule has 0 aliphatic heterocycles. The Balaban J connectivity index is 4.94. The summed E-state index contributed by atoms with van der Waals surface area (Å²) in [6.07, 6.45) is 2.50. The molecule has 0 aliphatic carbocycles. The van der Waals surface area contributed by atoms with Crippen LogP contribution in [0.15, 0.2) is 12.7 Å². The quantitative estimate of drug-likeness (QED) is 0.268. The topological polar surface area (TPSA) is 54.0 Å². The molecule has 0 aromatic rings. The van der Waals surface area contributed by atoms with Crippen molar-refractivity contribution in [2.75, 3.05) is 13.2 Å². The van der Waals surface area contributed by atoms with Crippen molar-refractivity contribution < 1.29 is 22.8 Å². The van der Waals surface area contributed by atoms with Gasteiger partial charge in [-0.1, -0.05) is 13.5 Å². The first-order valence-corrected chi connectivity index (χ1v) is 8.90. The molecule has 0 amide bonds. The van der Waals surface area contributed by atoms with E-state index in [1.165, 1.54) is 0 Å². The summed E-state index contributed by atoms with van der Waals surface area (Å²) in [5, 5.41) is 0. The second kappa shape index (κ2) is 8.47. The highest BCUT2D eigenvalue weighted by atomic mass is 28.4. The molecule has 0 spiro atoms. The number of hydrogen-bond acceptors (Lipinski definition) is 5. The SMILES string of the molecule is C=CC(=O)OC(C)(CCC)O[Si](C)(OCC)OCC. The van der Waals surface area contributed by atoms with Crippen molar-refractivity contribution in [2.45, 2.75) is 52.9 Å². The lowest BCUT2D eigenvalue weighted by Crippen LogP contribution is -2.51. The second-order valence-electron chi connectivity index (χ2n) is 4.34. The normalized spacial score (nSPS) is 14.8. The van der Waals surface area contributed by atoms with Crippen LogP contribution in [-0.2, 0) is 22.8 Å². The van der Waals surface area contributed by atoms with Gasteiger partial charge in [0.05, 0.1) is 0 Å². The molecular formula is C13H26O5Si. The molecule has 0 N–H and O–H groups in total. The van der Waals surface area contributed by atoms with Crippen LogP contribution in [0.4, 0.5) is 0 Å². The predicted molar refractivity (Wildman–Crippen MR) is 75.6 cm³/mol. The molecular weight excluding hydrogens is 264 g/mol. The Hall–Kier alpha value is -0.693. The third-order valence-corrected chi connectivity index (χ3v) is 4.83. The van der Waals surface area contributed by atoms with Crippen molar-refractivity contribution in [2.24, 2.45) is 0 Å². The second-order valence-corrected chi connectivity index (χ2v) is 6.85. The summed E-state index contributed by atoms with van der Waals surface area (Å²) in [5.41, 5.74) is 0. The highest BCUT2D eigenvalue weighted by Gasteiger charge is 2.43. The number of esters is 1.